The number of likely N-dealkylation sites (N-methyl/N-ethyl adjacent to an activating group) is 2. The van der Waals surface area contributed by atoms with Crippen molar-refractivity contribution >= 4 is 5.91 Å². The second-order valence-electron chi connectivity index (χ2n) is 4.62. The van der Waals surface area contributed by atoms with Crippen LogP contribution in [0.15, 0.2) is 0 Å². The fourth-order valence-electron chi connectivity index (χ4n) is 1.77. The molecular formula is C11H23N3O2. The van der Waals surface area contributed by atoms with Gasteiger partial charge in [0.05, 0.1) is 6.10 Å². The van der Waals surface area contributed by atoms with Crippen molar-refractivity contribution in [3.05, 3.63) is 0 Å². The van der Waals surface area contributed by atoms with Crippen LogP contribution in [0, 0.1) is 0 Å². The molecule has 5 heteroatoms. The monoisotopic (exact) mass is 229 g/mol. The maximum Gasteiger partial charge on any atom is 0.251 e. The predicted molar refractivity (Wildman–Crippen MR) is 63.1 cm³/mol. The van der Waals surface area contributed by atoms with Crippen molar-refractivity contribution in [2.45, 2.75) is 25.0 Å². The first-order valence-corrected chi connectivity index (χ1v) is 5.79. The summed E-state index contributed by atoms with van der Waals surface area (Å²) >= 11 is 0. The molecule has 0 spiro atoms. The van der Waals surface area contributed by atoms with Gasteiger partial charge in [0.15, 0.2) is 0 Å². The lowest BCUT2D eigenvalue weighted by Crippen LogP contribution is -2.40. The quantitative estimate of drug-likeness (QED) is 0.691. The third kappa shape index (κ3) is 3.73. The number of ether oxygens (including phenoxy) is 1. The van der Waals surface area contributed by atoms with E-state index < -0.39 is 0 Å². The molecule has 0 bridgehead atoms. The van der Waals surface area contributed by atoms with Crippen molar-refractivity contribution in [1.29, 1.82) is 0 Å². The molecular weight excluding hydrogens is 206 g/mol. The molecule has 0 aromatic rings. The number of nitrogens with zero attached hydrogens (tertiary/aromatic N) is 2. The maximum absolute atomic E-state index is 12.0. The molecule has 1 saturated heterocycles. The van der Waals surface area contributed by atoms with Gasteiger partial charge in [-0.1, -0.05) is 0 Å². The van der Waals surface area contributed by atoms with E-state index in [2.05, 4.69) is 4.90 Å². The SMILES string of the molecule is CN(C)CCN(C)C(=O)C1CCC(CN)O1. The number of rotatable bonds is 5. The molecule has 2 unspecified atom stereocenters. The highest BCUT2D eigenvalue weighted by Gasteiger charge is 2.31. The summed E-state index contributed by atoms with van der Waals surface area (Å²) in [6.45, 7) is 2.11. The van der Waals surface area contributed by atoms with Crippen LogP contribution in [0.2, 0.25) is 0 Å². The second-order valence-corrected chi connectivity index (χ2v) is 4.62. The lowest BCUT2D eigenvalue weighted by atomic mass is 10.2. The smallest absolute Gasteiger partial charge is 0.251 e. The highest BCUT2D eigenvalue weighted by Crippen LogP contribution is 2.20. The van der Waals surface area contributed by atoms with Crippen LogP contribution < -0.4 is 5.73 Å². The van der Waals surface area contributed by atoms with Gasteiger partial charge >= 0.3 is 0 Å². The lowest BCUT2D eigenvalue weighted by Gasteiger charge is -2.22. The zero-order valence-corrected chi connectivity index (χ0v) is 10.5. The van der Waals surface area contributed by atoms with Crippen LogP contribution in [-0.2, 0) is 9.53 Å². The molecule has 0 aliphatic carbocycles. The van der Waals surface area contributed by atoms with E-state index in [1.807, 2.05) is 21.1 Å². The first kappa shape index (κ1) is 13.4. The van der Waals surface area contributed by atoms with Gasteiger partial charge in [-0.15, -0.1) is 0 Å². The maximum atomic E-state index is 12.0. The molecule has 1 heterocycles. The standard InChI is InChI=1S/C11H23N3O2/c1-13(2)6-7-14(3)11(15)10-5-4-9(8-12)16-10/h9-10H,4-8,12H2,1-3H3. The van der Waals surface area contributed by atoms with E-state index in [-0.39, 0.29) is 18.1 Å². The van der Waals surface area contributed by atoms with Gasteiger partial charge in [-0.3, -0.25) is 4.79 Å². The molecule has 0 aromatic carbocycles. The molecule has 2 N–H and O–H groups in total. The zero-order valence-electron chi connectivity index (χ0n) is 10.5. The highest BCUT2D eigenvalue weighted by atomic mass is 16.5. The summed E-state index contributed by atoms with van der Waals surface area (Å²) in [6, 6.07) is 0. The van der Waals surface area contributed by atoms with Crippen LogP contribution in [0.25, 0.3) is 0 Å². The number of hydrogen-bond donors (Lipinski definition) is 1. The third-order valence-electron chi connectivity index (χ3n) is 2.90. The van der Waals surface area contributed by atoms with Crippen LogP contribution in [0.4, 0.5) is 0 Å². The summed E-state index contributed by atoms with van der Waals surface area (Å²) in [5.41, 5.74) is 5.51. The fraction of sp³-hybridized carbons (Fsp3) is 0.909. The molecule has 1 aliphatic heterocycles. The number of carbonyl (C=O) groups excluding carboxylic acids is 1. The lowest BCUT2D eigenvalue weighted by molar-refractivity contribution is -0.141. The van der Waals surface area contributed by atoms with Crippen LogP contribution in [0.1, 0.15) is 12.8 Å². The van der Waals surface area contributed by atoms with Gasteiger partial charge in [-0.25, -0.2) is 0 Å². The van der Waals surface area contributed by atoms with Crippen molar-refractivity contribution in [3.8, 4) is 0 Å². The van der Waals surface area contributed by atoms with E-state index in [9.17, 15) is 4.79 Å². The molecule has 1 aliphatic rings. The molecule has 1 amide bonds. The van der Waals surface area contributed by atoms with Gasteiger partial charge in [0.25, 0.3) is 5.91 Å². The van der Waals surface area contributed by atoms with Crippen LogP contribution >= 0.6 is 0 Å². The molecule has 0 aromatic heterocycles. The Balaban J connectivity index is 2.33. The molecule has 5 nitrogen and oxygen atoms in total. The van der Waals surface area contributed by atoms with Crippen LogP contribution in [-0.4, -0.2) is 68.7 Å². The number of hydrogen-bond acceptors (Lipinski definition) is 4. The highest BCUT2D eigenvalue weighted by molar-refractivity contribution is 5.80. The van der Waals surface area contributed by atoms with Crippen molar-refractivity contribution in [2.75, 3.05) is 40.8 Å². The largest absolute Gasteiger partial charge is 0.364 e. The van der Waals surface area contributed by atoms with E-state index in [0.29, 0.717) is 6.54 Å². The van der Waals surface area contributed by atoms with Crippen LogP contribution in [0.3, 0.4) is 0 Å². The Bertz CT molecular complexity index is 233. The normalized spacial score (nSPS) is 25.1. The van der Waals surface area contributed by atoms with E-state index in [0.717, 1.165) is 25.9 Å². The van der Waals surface area contributed by atoms with Crippen molar-refractivity contribution in [3.63, 3.8) is 0 Å². The summed E-state index contributed by atoms with van der Waals surface area (Å²) in [5.74, 6) is 0.0813. The number of nitrogens with two attached hydrogens (primary N) is 1. The van der Waals surface area contributed by atoms with Gasteiger partial charge in [-0.05, 0) is 26.9 Å². The van der Waals surface area contributed by atoms with Gasteiger partial charge in [-0.2, -0.15) is 0 Å². The minimum absolute atomic E-state index is 0.0659. The summed E-state index contributed by atoms with van der Waals surface area (Å²) in [6.07, 6.45) is 1.48. The fourth-order valence-corrected chi connectivity index (χ4v) is 1.77. The Morgan fingerprint density at radius 3 is 2.50 bits per heavy atom. The summed E-state index contributed by atoms with van der Waals surface area (Å²) in [4.78, 5) is 15.8. The topological polar surface area (TPSA) is 58.8 Å². The second kappa shape index (κ2) is 6.18. The van der Waals surface area contributed by atoms with Crippen molar-refractivity contribution in [2.24, 2.45) is 5.73 Å². The average molecular weight is 229 g/mol. The van der Waals surface area contributed by atoms with E-state index >= 15 is 0 Å². The Morgan fingerprint density at radius 2 is 2.00 bits per heavy atom. The van der Waals surface area contributed by atoms with Crippen LogP contribution in [0.5, 0.6) is 0 Å². The van der Waals surface area contributed by atoms with Gasteiger partial charge in [0.2, 0.25) is 0 Å². The third-order valence-corrected chi connectivity index (χ3v) is 2.90. The minimum Gasteiger partial charge on any atom is -0.364 e. The Labute approximate surface area is 97.5 Å². The van der Waals surface area contributed by atoms with Gasteiger partial charge in [0, 0.05) is 26.7 Å². The zero-order chi connectivity index (χ0) is 12.1. The van der Waals surface area contributed by atoms with E-state index in [1.54, 1.807) is 4.90 Å². The molecule has 1 fully saturated rings. The number of carbonyl (C=O) groups is 1. The Kier molecular flexibility index (Phi) is 5.18. The average Bonchev–Trinajstić information content (AvgIpc) is 2.73. The molecule has 0 radical (unpaired) electrons. The predicted octanol–water partition coefficient (Wildman–Crippen LogP) is -0.487. The molecule has 2 atom stereocenters. The van der Waals surface area contributed by atoms with Gasteiger partial charge < -0.3 is 20.3 Å². The van der Waals surface area contributed by atoms with E-state index in [1.165, 1.54) is 0 Å². The molecule has 0 saturated carbocycles. The molecule has 16 heavy (non-hydrogen) atoms. The van der Waals surface area contributed by atoms with Gasteiger partial charge in [0.1, 0.15) is 6.10 Å². The summed E-state index contributed by atoms with van der Waals surface area (Å²) in [5, 5.41) is 0. The summed E-state index contributed by atoms with van der Waals surface area (Å²) in [7, 11) is 5.81. The first-order valence-electron chi connectivity index (χ1n) is 5.79. The minimum atomic E-state index is -0.277. The Morgan fingerprint density at radius 1 is 1.31 bits per heavy atom. The Hall–Kier alpha value is -0.650. The molecule has 1 rings (SSSR count). The van der Waals surface area contributed by atoms with E-state index in [4.69, 9.17) is 10.5 Å². The van der Waals surface area contributed by atoms with Crippen molar-refractivity contribution in [1.82, 2.24) is 9.80 Å². The first-order chi connectivity index (χ1) is 7.54. The summed E-state index contributed by atoms with van der Waals surface area (Å²) < 4.78 is 5.57. The van der Waals surface area contributed by atoms with Crippen molar-refractivity contribution < 1.29 is 9.53 Å². The molecule has 94 valence electrons. The number of amides is 1.